The van der Waals surface area contributed by atoms with Crippen LogP contribution in [0.5, 0.6) is 5.88 Å². The molecule has 2 aromatic rings. The van der Waals surface area contributed by atoms with Crippen LogP contribution in [0.2, 0.25) is 0 Å². The maximum atomic E-state index is 14.7. The first kappa shape index (κ1) is 41.0. The van der Waals surface area contributed by atoms with Gasteiger partial charge in [-0.2, -0.15) is 0 Å². The van der Waals surface area contributed by atoms with Crippen molar-refractivity contribution in [3.63, 3.8) is 0 Å². The second-order valence-electron chi connectivity index (χ2n) is 16.4. The van der Waals surface area contributed by atoms with E-state index in [2.05, 4.69) is 54.1 Å². The molecule has 0 amide bonds. The predicted molar refractivity (Wildman–Crippen MR) is 226 cm³/mol. The fraction of sp³-hybridized carbons (Fsp3) is 0.659. The third-order valence-electron chi connectivity index (χ3n) is 12.6. The third kappa shape index (κ3) is 8.88. The van der Waals surface area contributed by atoms with E-state index < -0.39 is 5.56 Å². The summed E-state index contributed by atoms with van der Waals surface area (Å²) in [6.07, 6.45) is 0.825. The Hall–Kier alpha value is -3.78. The predicted octanol–water partition coefficient (Wildman–Crippen LogP) is -1.27. The summed E-state index contributed by atoms with van der Waals surface area (Å²) in [5, 5.41) is 20.9. The molecule has 3 N–H and O–H groups in total. The molecule has 0 spiro atoms. The summed E-state index contributed by atoms with van der Waals surface area (Å²) in [5.74, 6) is -0.166. The summed E-state index contributed by atoms with van der Waals surface area (Å²) in [6.45, 7) is 17.4. The average Bonchev–Trinajstić information content (AvgIpc) is 3.24. The van der Waals surface area contributed by atoms with Crippen LogP contribution in [0.15, 0.2) is 31.5 Å². The minimum Gasteiger partial charge on any atom is -0.494 e. The van der Waals surface area contributed by atoms with Crippen LogP contribution >= 0.6 is 0 Å². The third-order valence-corrected chi connectivity index (χ3v) is 12.6. The number of nitrogens with zero attached hydrogens (tertiary/aromatic N) is 9. The van der Waals surface area contributed by atoms with Crippen LogP contribution in [0.25, 0.3) is 32.7 Å². The lowest BCUT2D eigenvalue weighted by Crippen LogP contribution is -2.47. The lowest BCUT2D eigenvalue weighted by Gasteiger charge is -2.32. The molecule has 316 valence electrons. The van der Waals surface area contributed by atoms with Gasteiger partial charge in [-0.15, -0.1) is 0 Å². The highest BCUT2D eigenvalue weighted by molar-refractivity contribution is 6.18. The molecule has 1 aromatic carbocycles. The van der Waals surface area contributed by atoms with Gasteiger partial charge in [0, 0.05) is 140 Å². The van der Waals surface area contributed by atoms with E-state index in [0.717, 1.165) is 105 Å². The van der Waals surface area contributed by atoms with Crippen LogP contribution < -0.4 is 32.7 Å². The molecule has 0 bridgehead atoms. The largest absolute Gasteiger partial charge is 0.494 e. The van der Waals surface area contributed by atoms with E-state index in [4.69, 9.17) is 14.5 Å². The SMILES string of the molecule is CN1CCN(CCn2c(O)c3cc(NCCCN4CCOCC4)c4c5c3c(c(=NCNCN3CCOCC3)cc-5c(=O)n(CCN3CCN(C)CC3)c4=O)c2=O)CC1. The molecule has 1 aromatic heterocycles. The molecular weight excluding hydrogens is 743 g/mol. The molecule has 0 unspecified atom stereocenters. The van der Waals surface area contributed by atoms with Crippen LogP contribution in [-0.2, 0) is 22.6 Å². The number of benzene rings is 2. The van der Waals surface area contributed by atoms with Crippen molar-refractivity contribution < 1.29 is 14.6 Å². The van der Waals surface area contributed by atoms with E-state index in [1.807, 2.05) is 6.07 Å². The van der Waals surface area contributed by atoms with Crippen molar-refractivity contribution in [2.45, 2.75) is 19.5 Å². The molecule has 58 heavy (non-hydrogen) atoms. The summed E-state index contributed by atoms with van der Waals surface area (Å²) in [4.78, 5) is 62.8. The zero-order valence-electron chi connectivity index (χ0n) is 34.3. The summed E-state index contributed by atoms with van der Waals surface area (Å²) in [7, 11) is 4.21. The average molecular weight is 804 g/mol. The van der Waals surface area contributed by atoms with Crippen molar-refractivity contribution >= 4 is 27.2 Å². The van der Waals surface area contributed by atoms with Crippen molar-refractivity contribution in [1.29, 1.82) is 0 Å². The van der Waals surface area contributed by atoms with Crippen molar-refractivity contribution in [2.24, 2.45) is 4.99 Å². The van der Waals surface area contributed by atoms with E-state index in [0.29, 0.717) is 83.2 Å². The van der Waals surface area contributed by atoms with E-state index in [1.54, 1.807) is 6.07 Å². The number of aromatic nitrogens is 2. The Bertz CT molecular complexity index is 2200. The number of morpholine rings is 2. The molecule has 0 radical (unpaired) electrons. The van der Waals surface area contributed by atoms with E-state index in [9.17, 15) is 19.5 Å². The zero-order valence-corrected chi connectivity index (χ0v) is 34.3. The molecule has 6 aliphatic rings. The highest BCUT2D eigenvalue weighted by Crippen LogP contribution is 2.40. The topological polar surface area (TPSA) is 156 Å². The fourth-order valence-electron chi connectivity index (χ4n) is 8.91. The minimum atomic E-state index is -0.407. The zero-order chi connectivity index (χ0) is 40.2. The highest BCUT2D eigenvalue weighted by Gasteiger charge is 2.30. The first-order chi connectivity index (χ1) is 28.3. The second kappa shape index (κ2) is 18.6. The summed E-state index contributed by atoms with van der Waals surface area (Å²) in [6, 6.07) is 3.53. The van der Waals surface area contributed by atoms with Crippen LogP contribution in [0.4, 0.5) is 5.69 Å². The van der Waals surface area contributed by atoms with Gasteiger partial charge in [-0.25, -0.2) is 0 Å². The van der Waals surface area contributed by atoms with Gasteiger partial charge in [0.2, 0.25) is 5.88 Å². The highest BCUT2D eigenvalue weighted by atomic mass is 16.5. The first-order valence-electron chi connectivity index (χ1n) is 21.2. The number of hydrogen-bond donors (Lipinski definition) is 3. The Labute approximate surface area is 339 Å². The van der Waals surface area contributed by atoms with Gasteiger partial charge in [-0.1, -0.05) is 0 Å². The Morgan fingerprint density at radius 3 is 1.84 bits per heavy atom. The van der Waals surface area contributed by atoms with Crippen LogP contribution in [0.1, 0.15) is 6.42 Å². The monoisotopic (exact) mass is 803 g/mol. The quantitative estimate of drug-likeness (QED) is 0.0967. The van der Waals surface area contributed by atoms with Crippen LogP contribution in [0, 0.1) is 0 Å². The summed E-state index contributed by atoms with van der Waals surface area (Å²) < 4.78 is 13.9. The van der Waals surface area contributed by atoms with Gasteiger partial charge in [-0.3, -0.25) is 53.4 Å². The van der Waals surface area contributed by atoms with E-state index >= 15 is 0 Å². The lowest BCUT2D eigenvalue weighted by molar-refractivity contribution is 0.0343. The standard InChI is InChI=1S/C41H61N11O6/c1-45-6-10-48(11-7-45)14-16-51-39(54)31-27-33(44-28-42-29-50-20-24-58-25-21-50)37-35-30(38(53)52(41(37)56)17-15-49-12-8-46(2)9-13-49)26-32(36(34(31)35)40(51)55)43-4-3-5-47-18-22-57-23-19-47/h26-27,42-43,53H,3-25,28-29H2,1-2H3. The van der Waals surface area contributed by atoms with Gasteiger partial charge in [0.05, 0.1) is 54.8 Å². The number of aromatic hydroxyl groups is 1. The molecule has 8 rings (SSSR count). The lowest BCUT2D eigenvalue weighted by atomic mass is 9.89. The molecule has 1 aliphatic carbocycles. The second-order valence-corrected chi connectivity index (χ2v) is 16.4. The molecular formula is C41H61N11O6. The van der Waals surface area contributed by atoms with Crippen LogP contribution in [-0.4, -0.2) is 202 Å². The van der Waals surface area contributed by atoms with Gasteiger partial charge < -0.3 is 29.7 Å². The number of nitrogens with one attached hydrogen (secondary N) is 2. The normalized spacial score (nSPS) is 20.7. The first-order valence-corrected chi connectivity index (χ1v) is 21.2. The molecule has 0 saturated carbocycles. The van der Waals surface area contributed by atoms with E-state index in [1.165, 1.54) is 9.13 Å². The fourth-order valence-corrected chi connectivity index (χ4v) is 8.91. The molecule has 17 heteroatoms. The van der Waals surface area contributed by atoms with Gasteiger partial charge in [0.25, 0.3) is 16.7 Å². The maximum absolute atomic E-state index is 14.7. The Morgan fingerprint density at radius 2 is 1.21 bits per heavy atom. The number of likely N-dealkylation sites (N-methyl/N-ethyl adjacent to an activating group) is 2. The summed E-state index contributed by atoms with van der Waals surface area (Å²) >= 11 is 0. The number of ether oxygens (including phenoxy) is 2. The Morgan fingerprint density at radius 1 is 0.638 bits per heavy atom. The smallest absolute Gasteiger partial charge is 0.263 e. The van der Waals surface area contributed by atoms with E-state index in [-0.39, 0.29) is 36.8 Å². The van der Waals surface area contributed by atoms with Crippen molar-refractivity contribution in [3.8, 4) is 17.0 Å². The van der Waals surface area contributed by atoms with Gasteiger partial charge in [-0.05, 0) is 39.2 Å². The van der Waals surface area contributed by atoms with Crippen LogP contribution in [0.3, 0.4) is 0 Å². The number of hydrogen-bond acceptors (Lipinski definition) is 15. The number of pyridine rings is 2. The molecule has 5 aliphatic heterocycles. The van der Waals surface area contributed by atoms with Crippen molar-refractivity contribution in [1.82, 2.24) is 43.9 Å². The molecule has 4 saturated heterocycles. The van der Waals surface area contributed by atoms with Crippen molar-refractivity contribution in [2.75, 3.05) is 164 Å². The molecule has 4 fully saturated rings. The number of anilines is 1. The van der Waals surface area contributed by atoms with Crippen molar-refractivity contribution in [3.05, 3.63) is 48.6 Å². The Balaban J connectivity index is 1.24. The molecule has 17 nitrogen and oxygen atoms in total. The number of rotatable bonds is 15. The maximum Gasteiger partial charge on any atom is 0.263 e. The summed E-state index contributed by atoms with van der Waals surface area (Å²) in [5.41, 5.74) is 0.107. The Kier molecular flexibility index (Phi) is 13.2. The molecule has 6 heterocycles. The minimum absolute atomic E-state index is 0.166. The van der Waals surface area contributed by atoms with Gasteiger partial charge in [0.1, 0.15) is 0 Å². The number of piperazine rings is 2. The van der Waals surface area contributed by atoms with Gasteiger partial charge >= 0.3 is 0 Å². The molecule has 0 atom stereocenters. The van der Waals surface area contributed by atoms with Gasteiger partial charge in [0.15, 0.2) is 0 Å².